The number of nitrogens with zero attached hydrogens (tertiary/aromatic N) is 1. The van der Waals surface area contributed by atoms with Crippen molar-refractivity contribution in [2.75, 3.05) is 11.9 Å². The summed E-state index contributed by atoms with van der Waals surface area (Å²) in [6.07, 6.45) is 1.49. The van der Waals surface area contributed by atoms with Crippen molar-refractivity contribution in [2.45, 2.75) is 42.9 Å². The number of amides is 3. The van der Waals surface area contributed by atoms with Crippen LogP contribution in [-0.2, 0) is 9.53 Å². The third-order valence-electron chi connectivity index (χ3n) is 5.60. The Morgan fingerprint density at radius 3 is 2.70 bits per heavy atom. The average molecular weight is 468 g/mol. The first kappa shape index (κ1) is 21.5. The van der Waals surface area contributed by atoms with Gasteiger partial charge >= 0.3 is 6.09 Å². The maximum atomic E-state index is 15.1. The second kappa shape index (κ2) is 7.62. The summed E-state index contributed by atoms with van der Waals surface area (Å²) in [5.74, 6) is -1.13. The van der Waals surface area contributed by atoms with Crippen LogP contribution in [0.15, 0.2) is 41.4 Å². The van der Waals surface area contributed by atoms with E-state index >= 15 is 4.39 Å². The minimum absolute atomic E-state index is 0.235. The summed E-state index contributed by atoms with van der Waals surface area (Å²) < 4.78 is 20.4. The van der Waals surface area contributed by atoms with E-state index in [1.54, 1.807) is 39.1 Å². The van der Waals surface area contributed by atoms with Gasteiger partial charge in [-0.15, -0.1) is 11.8 Å². The van der Waals surface area contributed by atoms with Gasteiger partial charge in [0.05, 0.1) is 10.8 Å². The van der Waals surface area contributed by atoms with E-state index in [4.69, 9.17) is 4.74 Å². The monoisotopic (exact) mass is 467 g/mol. The van der Waals surface area contributed by atoms with Gasteiger partial charge in [0.15, 0.2) is 0 Å². The maximum Gasteiger partial charge on any atom is 0.417 e. The fourth-order valence-corrected chi connectivity index (χ4v) is 5.49. The van der Waals surface area contributed by atoms with Crippen LogP contribution in [-0.4, -0.2) is 45.2 Å². The van der Waals surface area contributed by atoms with Crippen LogP contribution < -0.4 is 5.32 Å². The number of carbonyl (C=O) groups is 3. The van der Waals surface area contributed by atoms with E-state index in [2.05, 4.69) is 10.3 Å². The summed E-state index contributed by atoms with van der Waals surface area (Å²) >= 11 is 1.21. The van der Waals surface area contributed by atoms with Crippen LogP contribution in [0, 0.1) is 5.82 Å². The lowest BCUT2D eigenvalue weighted by Crippen LogP contribution is -2.39. The predicted molar refractivity (Wildman–Crippen MR) is 124 cm³/mol. The number of imide groups is 1. The van der Waals surface area contributed by atoms with Gasteiger partial charge in [-0.2, -0.15) is 0 Å². The number of carbonyl (C=O) groups excluding carboxylic acids is 3. The van der Waals surface area contributed by atoms with Crippen LogP contribution in [0.2, 0.25) is 0 Å². The van der Waals surface area contributed by atoms with Crippen molar-refractivity contribution in [3.05, 3.63) is 47.9 Å². The molecule has 2 aliphatic rings. The molecule has 3 aromatic rings. The lowest BCUT2D eigenvalue weighted by atomic mass is 9.97. The second-order valence-electron chi connectivity index (χ2n) is 9.05. The van der Waals surface area contributed by atoms with E-state index in [1.165, 1.54) is 17.8 Å². The number of hydrogen-bond donors (Lipinski definition) is 2. The summed E-state index contributed by atoms with van der Waals surface area (Å²) in [5.41, 5.74) is 1.57. The van der Waals surface area contributed by atoms with E-state index in [0.717, 1.165) is 4.90 Å². The molecule has 170 valence electrons. The van der Waals surface area contributed by atoms with Gasteiger partial charge in [-0.05, 0) is 57.5 Å². The van der Waals surface area contributed by atoms with Gasteiger partial charge in [-0.25, -0.2) is 14.1 Å². The molecule has 9 heteroatoms. The molecule has 7 nitrogen and oxygen atoms in total. The number of aromatic amines is 1. The van der Waals surface area contributed by atoms with Crippen LogP contribution in [0.3, 0.4) is 0 Å². The number of likely N-dealkylation sites (tertiary alicyclic amines) is 1. The molecule has 2 N–H and O–H groups in total. The molecule has 0 saturated carbocycles. The van der Waals surface area contributed by atoms with E-state index in [9.17, 15) is 14.4 Å². The molecule has 2 aliphatic heterocycles. The standard InChI is InChI=1S/C24H22FN3O4S/c1-24(2,3)32-23(31)28-10-8-16(22(28)30)33-17-11-12(14-5-4-9-26-14)18-20-15(27-21(18)29)7-6-13(25)19(17)20/h4-7,9,11,16,26H,8,10H2,1-3H3,(H,27,29)/t16-/m0/s1. The molecule has 3 heterocycles. The molecule has 0 radical (unpaired) electrons. The van der Waals surface area contributed by atoms with Crippen molar-refractivity contribution < 1.29 is 23.5 Å². The highest BCUT2D eigenvalue weighted by molar-refractivity contribution is 8.00. The summed E-state index contributed by atoms with van der Waals surface area (Å²) in [7, 11) is 0. The normalized spacial score (nSPS) is 17.7. The Bertz CT molecular complexity index is 1310. The lowest BCUT2D eigenvalue weighted by Gasteiger charge is -2.23. The fourth-order valence-electron chi connectivity index (χ4n) is 4.23. The number of aromatic nitrogens is 1. The minimum atomic E-state index is -0.714. The first-order chi connectivity index (χ1) is 15.6. The Balaban J connectivity index is 1.56. The summed E-state index contributed by atoms with van der Waals surface area (Å²) in [6, 6.07) is 8.26. The maximum absolute atomic E-state index is 15.1. The lowest BCUT2D eigenvalue weighted by molar-refractivity contribution is -0.126. The quantitative estimate of drug-likeness (QED) is 0.555. The minimum Gasteiger partial charge on any atom is -0.443 e. The highest BCUT2D eigenvalue weighted by Crippen LogP contribution is 2.46. The second-order valence-corrected chi connectivity index (χ2v) is 10.3. The first-order valence-electron chi connectivity index (χ1n) is 10.6. The van der Waals surface area contributed by atoms with E-state index in [-0.39, 0.29) is 18.4 Å². The number of H-pyrrole nitrogens is 1. The molecule has 0 unspecified atom stereocenters. The summed E-state index contributed by atoms with van der Waals surface area (Å²) in [6.45, 7) is 5.46. The molecule has 3 amide bonds. The Kier molecular flexibility index (Phi) is 4.97. The number of ether oxygens (including phenoxy) is 1. The fraction of sp³-hybridized carbons (Fsp3) is 0.292. The number of benzene rings is 2. The number of nitrogens with one attached hydrogen (secondary N) is 2. The molecule has 1 aromatic heterocycles. The van der Waals surface area contributed by atoms with Gasteiger partial charge in [-0.3, -0.25) is 9.59 Å². The molecule has 33 heavy (non-hydrogen) atoms. The van der Waals surface area contributed by atoms with E-state index in [0.29, 0.717) is 44.6 Å². The highest BCUT2D eigenvalue weighted by atomic mass is 32.2. The SMILES string of the molecule is CC(C)(C)OC(=O)N1CC[C@H](Sc2cc(-c3ccc[nH]3)c3c4c(ccc(F)c24)NC3=O)C1=O. The summed E-state index contributed by atoms with van der Waals surface area (Å²) in [4.78, 5) is 43.0. The smallest absolute Gasteiger partial charge is 0.417 e. The average Bonchev–Trinajstić information content (AvgIpc) is 3.45. The van der Waals surface area contributed by atoms with Gasteiger partial charge < -0.3 is 15.0 Å². The van der Waals surface area contributed by atoms with Crippen LogP contribution in [0.5, 0.6) is 0 Å². The first-order valence-corrected chi connectivity index (χ1v) is 11.5. The van der Waals surface area contributed by atoms with Crippen molar-refractivity contribution in [3.8, 4) is 11.3 Å². The number of rotatable bonds is 3. The van der Waals surface area contributed by atoms with Gasteiger partial charge in [0.25, 0.3) is 5.91 Å². The van der Waals surface area contributed by atoms with Crippen molar-refractivity contribution >= 4 is 46.1 Å². The summed E-state index contributed by atoms with van der Waals surface area (Å²) in [5, 5.41) is 3.03. The Labute approximate surface area is 193 Å². The van der Waals surface area contributed by atoms with Crippen molar-refractivity contribution in [1.82, 2.24) is 9.88 Å². The zero-order valence-electron chi connectivity index (χ0n) is 18.3. The molecule has 0 aliphatic carbocycles. The molecule has 2 aromatic carbocycles. The van der Waals surface area contributed by atoms with Gasteiger partial charge in [-0.1, -0.05) is 0 Å². The van der Waals surface area contributed by atoms with Gasteiger partial charge in [0.1, 0.15) is 11.4 Å². The predicted octanol–water partition coefficient (Wildman–Crippen LogP) is 5.17. The number of halogens is 1. The third-order valence-corrected chi connectivity index (χ3v) is 6.90. The Morgan fingerprint density at radius 2 is 2.00 bits per heavy atom. The molecule has 1 saturated heterocycles. The van der Waals surface area contributed by atoms with Crippen LogP contribution >= 0.6 is 11.8 Å². The number of thioether (sulfide) groups is 1. The zero-order valence-corrected chi connectivity index (χ0v) is 19.1. The molecule has 0 spiro atoms. The van der Waals surface area contributed by atoms with Crippen molar-refractivity contribution in [3.63, 3.8) is 0 Å². The van der Waals surface area contributed by atoms with Crippen LogP contribution in [0.4, 0.5) is 14.9 Å². The molecular formula is C24H22FN3O4S. The molecule has 0 bridgehead atoms. The van der Waals surface area contributed by atoms with E-state index in [1.807, 2.05) is 12.1 Å². The number of anilines is 1. The highest BCUT2D eigenvalue weighted by Gasteiger charge is 2.39. The largest absolute Gasteiger partial charge is 0.443 e. The van der Waals surface area contributed by atoms with Crippen molar-refractivity contribution in [1.29, 1.82) is 0 Å². The molecular weight excluding hydrogens is 445 g/mol. The Hall–Kier alpha value is -3.33. The zero-order chi connectivity index (χ0) is 23.5. The molecule has 1 atom stereocenters. The van der Waals surface area contributed by atoms with Crippen LogP contribution in [0.25, 0.3) is 22.0 Å². The molecule has 1 fully saturated rings. The van der Waals surface area contributed by atoms with Gasteiger partial charge in [0, 0.05) is 45.4 Å². The van der Waals surface area contributed by atoms with Crippen molar-refractivity contribution in [2.24, 2.45) is 0 Å². The topological polar surface area (TPSA) is 91.5 Å². The Morgan fingerprint density at radius 1 is 1.21 bits per heavy atom. The number of hydrogen-bond acceptors (Lipinski definition) is 5. The molecule has 5 rings (SSSR count). The third kappa shape index (κ3) is 3.66. The van der Waals surface area contributed by atoms with E-state index < -0.39 is 22.8 Å². The van der Waals surface area contributed by atoms with Gasteiger partial charge in [0.2, 0.25) is 5.91 Å². The van der Waals surface area contributed by atoms with Crippen LogP contribution in [0.1, 0.15) is 37.6 Å².